The van der Waals surface area contributed by atoms with Gasteiger partial charge >= 0.3 is 0 Å². The van der Waals surface area contributed by atoms with Crippen LogP contribution in [0.1, 0.15) is 5.56 Å². The summed E-state index contributed by atoms with van der Waals surface area (Å²) in [6, 6.07) is 8.69. The third kappa shape index (κ3) is 4.57. The van der Waals surface area contributed by atoms with Crippen molar-refractivity contribution in [2.45, 2.75) is 5.75 Å². The quantitative estimate of drug-likeness (QED) is 0.718. The number of nitrogens with one attached hydrogen (secondary N) is 1. The number of amides is 1. The number of rotatable bonds is 5. The third-order valence-corrected chi connectivity index (χ3v) is 2.96. The van der Waals surface area contributed by atoms with Crippen LogP contribution in [0.2, 0.25) is 0 Å². The molecule has 0 fully saturated rings. The molecule has 1 aromatic carbocycles. The Morgan fingerprint density at radius 3 is 2.40 bits per heavy atom. The summed E-state index contributed by atoms with van der Waals surface area (Å²) in [6.07, 6.45) is 0. The lowest BCUT2D eigenvalue weighted by atomic mass is 10.2. The minimum absolute atomic E-state index is 0.152. The molecule has 0 aromatic heterocycles. The highest BCUT2D eigenvalue weighted by Crippen LogP contribution is 2.03. The molecule has 15 heavy (non-hydrogen) atoms. The van der Waals surface area contributed by atoms with E-state index in [0.29, 0.717) is 5.56 Å². The molecule has 0 saturated heterocycles. The molecule has 1 rings (SSSR count). The van der Waals surface area contributed by atoms with Crippen molar-refractivity contribution in [1.82, 2.24) is 4.72 Å². The number of benzene rings is 1. The minimum atomic E-state index is -3.48. The molecule has 1 amide bonds. The van der Waals surface area contributed by atoms with Gasteiger partial charge in [0, 0.05) is 0 Å². The van der Waals surface area contributed by atoms with Crippen molar-refractivity contribution in [3.05, 3.63) is 35.9 Å². The molecule has 5 nitrogen and oxygen atoms in total. The Morgan fingerprint density at radius 1 is 1.27 bits per heavy atom. The van der Waals surface area contributed by atoms with Crippen LogP contribution >= 0.6 is 0 Å². The number of hydrogen-bond donors (Lipinski definition) is 2. The highest BCUT2D eigenvalue weighted by molar-refractivity contribution is 7.88. The summed E-state index contributed by atoms with van der Waals surface area (Å²) in [5.41, 5.74) is 5.49. The number of carbonyl (C=O) groups excluding carboxylic acids is 1. The molecule has 0 unspecified atom stereocenters. The molecule has 82 valence electrons. The van der Waals surface area contributed by atoms with Gasteiger partial charge in [-0.25, -0.2) is 13.1 Å². The molecule has 0 heterocycles. The first kappa shape index (κ1) is 11.7. The normalized spacial score (nSPS) is 11.2. The van der Waals surface area contributed by atoms with Crippen molar-refractivity contribution in [2.24, 2.45) is 5.73 Å². The second kappa shape index (κ2) is 4.90. The van der Waals surface area contributed by atoms with E-state index in [2.05, 4.69) is 4.72 Å². The highest BCUT2D eigenvalue weighted by atomic mass is 32.2. The molecular formula is C9H12N2O3S. The summed E-state index contributed by atoms with van der Waals surface area (Å²) in [7, 11) is -3.48. The van der Waals surface area contributed by atoms with Crippen LogP contribution in [-0.4, -0.2) is 20.9 Å². The van der Waals surface area contributed by atoms with E-state index in [1.807, 2.05) is 0 Å². The van der Waals surface area contributed by atoms with Crippen molar-refractivity contribution in [2.75, 3.05) is 6.54 Å². The summed E-state index contributed by atoms with van der Waals surface area (Å²) in [6.45, 7) is -0.366. The SMILES string of the molecule is NC(=O)CNS(=O)(=O)Cc1ccccc1. The van der Waals surface area contributed by atoms with Crippen molar-refractivity contribution in [3.63, 3.8) is 0 Å². The maximum Gasteiger partial charge on any atom is 0.232 e. The van der Waals surface area contributed by atoms with Crippen LogP contribution in [-0.2, 0) is 20.6 Å². The molecule has 0 spiro atoms. The average molecular weight is 228 g/mol. The Morgan fingerprint density at radius 2 is 1.87 bits per heavy atom. The number of sulfonamides is 1. The Labute approximate surface area is 88.3 Å². The van der Waals surface area contributed by atoms with E-state index >= 15 is 0 Å². The van der Waals surface area contributed by atoms with Crippen molar-refractivity contribution in [1.29, 1.82) is 0 Å². The molecule has 0 saturated carbocycles. The molecule has 0 aliphatic heterocycles. The Balaban J connectivity index is 2.61. The summed E-state index contributed by atoms with van der Waals surface area (Å²) in [4.78, 5) is 10.4. The largest absolute Gasteiger partial charge is 0.369 e. The monoisotopic (exact) mass is 228 g/mol. The first-order valence-corrected chi connectivity index (χ1v) is 5.94. The molecule has 1 aromatic rings. The van der Waals surface area contributed by atoms with Gasteiger partial charge in [-0.05, 0) is 5.56 Å². The molecule has 0 radical (unpaired) electrons. The Hall–Kier alpha value is -1.40. The maximum absolute atomic E-state index is 11.4. The van der Waals surface area contributed by atoms with Crippen LogP contribution in [0, 0.1) is 0 Å². The lowest BCUT2D eigenvalue weighted by Crippen LogP contribution is -2.34. The van der Waals surface area contributed by atoms with Gasteiger partial charge in [-0.3, -0.25) is 4.79 Å². The average Bonchev–Trinajstić information content (AvgIpc) is 2.16. The summed E-state index contributed by atoms with van der Waals surface area (Å²) < 4.78 is 24.9. The van der Waals surface area contributed by atoms with E-state index in [1.165, 1.54) is 0 Å². The lowest BCUT2D eigenvalue weighted by molar-refractivity contribution is -0.116. The van der Waals surface area contributed by atoms with Gasteiger partial charge in [-0.15, -0.1) is 0 Å². The number of nitrogens with two attached hydrogens (primary N) is 1. The number of hydrogen-bond acceptors (Lipinski definition) is 3. The lowest BCUT2D eigenvalue weighted by Gasteiger charge is -2.04. The van der Waals surface area contributed by atoms with Gasteiger partial charge in [0.2, 0.25) is 15.9 Å². The van der Waals surface area contributed by atoms with Gasteiger partial charge in [0.05, 0.1) is 12.3 Å². The molecular weight excluding hydrogens is 216 g/mol. The summed E-state index contributed by atoms with van der Waals surface area (Å²) in [5.74, 6) is -0.854. The number of carbonyl (C=O) groups is 1. The molecule has 6 heteroatoms. The van der Waals surface area contributed by atoms with Gasteiger partial charge in [-0.1, -0.05) is 30.3 Å². The van der Waals surface area contributed by atoms with Crippen molar-refractivity contribution >= 4 is 15.9 Å². The maximum atomic E-state index is 11.4. The molecule has 0 aliphatic carbocycles. The Kier molecular flexibility index (Phi) is 3.81. The highest BCUT2D eigenvalue weighted by Gasteiger charge is 2.11. The third-order valence-electron chi connectivity index (χ3n) is 1.67. The molecule has 0 bridgehead atoms. The van der Waals surface area contributed by atoms with E-state index in [-0.39, 0.29) is 12.3 Å². The predicted octanol–water partition coefficient (Wildman–Crippen LogP) is -0.409. The van der Waals surface area contributed by atoms with Crippen molar-refractivity contribution < 1.29 is 13.2 Å². The fraction of sp³-hybridized carbons (Fsp3) is 0.222. The van der Waals surface area contributed by atoms with Gasteiger partial charge in [0.1, 0.15) is 0 Å². The fourth-order valence-electron chi connectivity index (χ4n) is 1.03. The first-order valence-electron chi connectivity index (χ1n) is 4.29. The predicted molar refractivity (Wildman–Crippen MR) is 56.3 cm³/mol. The fourth-order valence-corrected chi connectivity index (χ4v) is 2.12. The second-order valence-electron chi connectivity index (χ2n) is 3.03. The van der Waals surface area contributed by atoms with Gasteiger partial charge in [-0.2, -0.15) is 0 Å². The smallest absolute Gasteiger partial charge is 0.232 e. The van der Waals surface area contributed by atoms with E-state index in [9.17, 15) is 13.2 Å². The van der Waals surface area contributed by atoms with Crippen LogP contribution in [0.25, 0.3) is 0 Å². The second-order valence-corrected chi connectivity index (χ2v) is 4.84. The number of primary amides is 1. The van der Waals surface area contributed by atoms with Crippen molar-refractivity contribution in [3.8, 4) is 0 Å². The van der Waals surface area contributed by atoms with Crippen LogP contribution in [0.5, 0.6) is 0 Å². The van der Waals surface area contributed by atoms with E-state index in [1.54, 1.807) is 30.3 Å². The standard InChI is InChI=1S/C9H12N2O3S/c10-9(12)6-11-15(13,14)7-8-4-2-1-3-5-8/h1-5,11H,6-7H2,(H2,10,12). The molecule has 0 atom stereocenters. The zero-order valence-electron chi connectivity index (χ0n) is 8.01. The minimum Gasteiger partial charge on any atom is -0.369 e. The van der Waals surface area contributed by atoms with Crippen LogP contribution in [0.4, 0.5) is 0 Å². The first-order chi connectivity index (χ1) is 6.99. The van der Waals surface area contributed by atoms with Gasteiger partial charge in [0.25, 0.3) is 0 Å². The van der Waals surface area contributed by atoms with E-state index in [0.717, 1.165) is 0 Å². The van der Waals surface area contributed by atoms with E-state index < -0.39 is 15.9 Å². The topological polar surface area (TPSA) is 89.3 Å². The summed E-state index contributed by atoms with van der Waals surface area (Å²) in [5, 5.41) is 0. The summed E-state index contributed by atoms with van der Waals surface area (Å²) >= 11 is 0. The van der Waals surface area contributed by atoms with Gasteiger partial charge < -0.3 is 5.73 Å². The van der Waals surface area contributed by atoms with Gasteiger partial charge in [0.15, 0.2) is 0 Å². The van der Waals surface area contributed by atoms with Crippen LogP contribution < -0.4 is 10.5 Å². The zero-order valence-corrected chi connectivity index (χ0v) is 8.83. The van der Waals surface area contributed by atoms with E-state index in [4.69, 9.17) is 5.73 Å². The molecule has 3 N–H and O–H groups in total. The zero-order chi connectivity index (χ0) is 11.3. The molecule has 0 aliphatic rings. The Bertz CT molecular complexity index is 428. The van der Waals surface area contributed by atoms with Crippen LogP contribution in [0.15, 0.2) is 30.3 Å². The van der Waals surface area contributed by atoms with Crippen LogP contribution in [0.3, 0.4) is 0 Å².